The predicted molar refractivity (Wildman–Crippen MR) is 547 cm³/mol. The lowest BCUT2D eigenvalue weighted by Gasteiger charge is -1.93. The average Bonchev–Trinajstić information content (AvgIpc) is 1.04. The number of rotatable bonds is 0. The summed E-state index contributed by atoms with van der Waals surface area (Å²) in [6.45, 7) is 0. The lowest BCUT2D eigenvalue weighted by atomic mass is 10.9. The van der Waals surface area contributed by atoms with E-state index in [0.29, 0.717) is 0 Å². The van der Waals surface area contributed by atoms with Crippen LogP contribution < -0.4 is 275 Å². The smallest absolute Gasteiger partial charge is 0.368 e. The van der Waals surface area contributed by atoms with Crippen molar-refractivity contribution in [3.63, 3.8) is 0 Å². The fraction of sp³-hybridized carbons (Fsp3) is 0.0400. The number of nitrogen functional groups attached to an aromatic ring is 48. The lowest BCUT2D eigenvalue weighted by molar-refractivity contribution is 1.09. The normalized spacial score (nSPS) is 9.21. The van der Waals surface area contributed by atoms with Crippen LogP contribution in [-0.4, -0.2) is 239 Å². The molecule has 0 saturated heterocycles. The van der Waals surface area contributed by atoms with Crippen LogP contribution in [0.1, 0.15) is 20.6 Å². The average molecular weight is 2050 g/mol. The predicted octanol–water partition coefficient (Wildman–Crippen LogP) is -20.4. The molecular weight excluding hydrogens is 1950 g/mol. The van der Waals surface area contributed by atoms with Crippen molar-refractivity contribution in [3.05, 3.63) is 0 Å². The molecule has 16 rings (SSSR count). The summed E-state index contributed by atoms with van der Waals surface area (Å²) in [4.78, 5) is 167. The highest BCUT2D eigenvalue weighted by molar-refractivity contribution is 5.44. The van der Waals surface area contributed by atoms with Crippen molar-refractivity contribution in [1.29, 1.82) is 0 Å². The summed E-state index contributed by atoms with van der Waals surface area (Å²) in [5.74, 6) is 2.00. The molecular formula is C50H108N96+4. The summed E-state index contributed by atoms with van der Waals surface area (Å²) in [6.07, 6.45) is 0. The maximum atomic E-state index is 5.14. The van der Waals surface area contributed by atoms with Crippen LogP contribution in [0.15, 0.2) is 0 Å². The molecule has 0 aliphatic rings. The monoisotopic (exact) mass is 2050 g/mol. The van der Waals surface area contributed by atoms with Crippen LogP contribution in [0.25, 0.3) is 0 Å². The number of anilines is 48. The van der Waals surface area contributed by atoms with E-state index in [4.69, 9.17) is 275 Å². The highest BCUT2D eigenvalue weighted by Crippen LogP contribution is 2.08. The van der Waals surface area contributed by atoms with E-state index < -0.39 is 0 Å². The Hall–Kier alpha value is -25.4. The Labute approximate surface area is 818 Å². The van der Waals surface area contributed by atoms with Gasteiger partial charge in [-0.05, 0) is 0 Å². The maximum Gasteiger partial charge on any atom is 1.00 e. The molecule has 96 heteroatoms. The molecule has 0 atom stereocenters. The maximum absolute atomic E-state index is 5.14. The fourth-order valence-corrected chi connectivity index (χ4v) is 6.83. The number of hydrogen-bond acceptors (Lipinski definition) is 96. The molecule has 0 radical (unpaired) electrons. The van der Waals surface area contributed by atoms with Crippen LogP contribution in [0.4, 0.5) is 286 Å². The summed E-state index contributed by atoms with van der Waals surface area (Å²) in [5.41, 5.74) is 247. The highest BCUT2D eigenvalue weighted by atomic mass is 15.3. The molecule has 0 bridgehead atoms. The number of nitrogens with two attached hydrogens (primary N) is 48. The van der Waals surface area contributed by atoms with Gasteiger partial charge in [0.05, 0.1) is 0 Å². The molecule has 0 spiro atoms. The molecule has 146 heavy (non-hydrogen) atoms. The zero-order valence-corrected chi connectivity index (χ0v) is 73.2. The Bertz CT molecular complexity index is 4320. The summed E-state index contributed by atoms with van der Waals surface area (Å²) >= 11 is 0. The number of hydrogen-bond donors (Lipinski definition) is 48. The van der Waals surface area contributed by atoms with E-state index in [0.717, 1.165) is 0 Å². The first-order valence-corrected chi connectivity index (χ1v) is 35.3. The van der Waals surface area contributed by atoms with Gasteiger partial charge in [0.1, 0.15) is 0 Å². The van der Waals surface area contributed by atoms with Crippen molar-refractivity contribution in [1.82, 2.24) is 239 Å². The van der Waals surface area contributed by atoms with Crippen LogP contribution >= 0.6 is 0 Å². The van der Waals surface area contributed by atoms with Crippen LogP contribution in [0, 0.1) is 0 Å². The van der Waals surface area contributed by atoms with Crippen molar-refractivity contribution >= 4 is 286 Å². The standard InChI is InChI=1S/16C3H6N6.2CH4/c16*4-1-7-2(5)9-3(6)8-1;;/h16*(H6,4,5,6,7,8,9);2*1H4/p+4. The number of nitrogens with zero attached hydrogens (tertiary/aromatic N) is 48. The summed E-state index contributed by atoms with van der Waals surface area (Å²) in [7, 11) is 0. The molecule has 16 aromatic rings. The van der Waals surface area contributed by atoms with E-state index in [1.807, 2.05) is 0 Å². The van der Waals surface area contributed by atoms with E-state index in [1.54, 1.807) is 0 Å². The van der Waals surface area contributed by atoms with Gasteiger partial charge >= 0.3 is 5.71 Å². The van der Waals surface area contributed by atoms with Gasteiger partial charge in [-0.1, -0.05) is 14.9 Å². The van der Waals surface area contributed by atoms with Gasteiger partial charge in [0.25, 0.3) is 0 Å². The van der Waals surface area contributed by atoms with Crippen LogP contribution in [0.2, 0.25) is 0 Å². The second kappa shape index (κ2) is 60.6. The Balaban J connectivity index is -0.000000368. The summed E-state index contributed by atoms with van der Waals surface area (Å²) in [5, 5.41) is 0. The van der Waals surface area contributed by atoms with Gasteiger partial charge in [-0.2, -0.15) is 239 Å². The van der Waals surface area contributed by atoms with Gasteiger partial charge in [0.2, 0.25) is 286 Å². The zero-order chi connectivity index (χ0) is 110. The summed E-state index contributed by atoms with van der Waals surface area (Å²) < 4.78 is 0. The Kier molecular flexibility index (Phi) is 50.9. The minimum absolute atomic E-state index is 0. The van der Waals surface area contributed by atoms with Crippen LogP contribution in [-0.2, 0) is 0 Å². The third kappa shape index (κ3) is 59.1. The molecule has 16 aromatic heterocycles. The van der Waals surface area contributed by atoms with Gasteiger partial charge < -0.3 is 275 Å². The Morgan fingerprint density at radius 2 is 0.0685 bits per heavy atom. The second-order valence-electron chi connectivity index (χ2n) is 22.6. The minimum Gasteiger partial charge on any atom is -0.368 e. The van der Waals surface area contributed by atoms with Gasteiger partial charge in [-0.25, -0.2) is 0 Å². The molecule has 0 saturated carbocycles. The molecule has 0 amide bonds. The minimum atomic E-state index is 0. The van der Waals surface area contributed by atoms with E-state index in [2.05, 4.69) is 239 Å². The van der Waals surface area contributed by atoms with E-state index in [-0.39, 0.29) is 306 Å². The molecule has 0 aliphatic carbocycles. The van der Waals surface area contributed by atoms with Crippen molar-refractivity contribution in [2.75, 3.05) is 275 Å². The first-order valence-electron chi connectivity index (χ1n) is 35.3. The molecule has 0 unspecified atom stereocenters. The highest BCUT2D eigenvalue weighted by Gasteiger charge is 2.06. The van der Waals surface area contributed by atoms with Gasteiger partial charge in [0.15, 0.2) is 0 Å². The Morgan fingerprint density at radius 3 is 0.0822 bits per heavy atom. The third-order valence-corrected chi connectivity index (χ3v) is 11.0. The van der Waals surface area contributed by atoms with Crippen LogP contribution in [0.3, 0.4) is 0 Å². The van der Waals surface area contributed by atoms with Crippen LogP contribution in [0.5, 0.6) is 0 Å². The Morgan fingerprint density at radius 1 is 0.0548 bits per heavy atom. The largest absolute Gasteiger partial charge is 1.00 e. The molecule has 0 aliphatic heterocycles. The lowest BCUT2D eigenvalue weighted by Crippen LogP contribution is -2.05. The molecule has 96 N–H and O–H groups in total. The van der Waals surface area contributed by atoms with Gasteiger partial charge in [0, 0.05) is 0 Å². The molecule has 16 heterocycles. The van der Waals surface area contributed by atoms with Gasteiger partial charge in [-0.15, -0.1) is 0 Å². The second-order valence-corrected chi connectivity index (χ2v) is 22.6. The SMILES string of the molecule is C.C.Nc1nc(N)nc(N)n1.Nc1nc(N)nc(N)n1.Nc1nc(N)nc(N)n1.Nc1nc(N)nc(N)n1.Nc1nc(N)nc(N)n1.Nc1nc(N)nc(N)n1.Nc1nc(N)nc(N)n1.Nc1nc(N)nc(N)n1.Nc1nc(N)nc(N)n1.Nc1nc(N)nc(N)n1.Nc1nc(N)nc(N)n1.Nc1nc(N)nc(N)n1.Nc1nc(N)nc(N)n1.Nc1nc(N)nc(N)n1.Nc1nc(N)nc(N)n1.Nc1nc(N)nc(N)n1.[H+].[H+].[H+].[H+]. The van der Waals surface area contributed by atoms with Crippen molar-refractivity contribution in [2.45, 2.75) is 14.9 Å². The first kappa shape index (κ1) is 123. The summed E-state index contributed by atoms with van der Waals surface area (Å²) in [6, 6.07) is 0. The number of aromatic nitrogens is 48. The topological polar surface area (TPSA) is 1870 Å². The zero-order valence-electron chi connectivity index (χ0n) is 77.2. The van der Waals surface area contributed by atoms with E-state index in [9.17, 15) is 0 Å². The van der Waals surface area contributed by atoms with Crippen molar-refractivity contribution in [3.8, 4) is 0 Å². The van der Waals surface area contributed by atoms with E-state index in [1.165, 1.54) is 0 Å². The third-order valence-electron chi connectivity index (χ3n) is 11.0. The molecule has 784 valence electrons. The molecule has 0 fully saturated rings. The molecule has 0 aromatic carbocycles. The molecule has 96 nitrogen and oxygen atoms in total. The fourth-order valence-electron chi connectivity index (χ4n) is 6.83. The quantitative estimate of drug-likeness (QED) is 0.0670. The van der Waals surface area contributed by atoms with Crippen molar-refractivity contribution in [2.24, 2.45) is 0 Å². The van der Waals surface area contributed by atoms with Crippen molar-refractivity contribution < 1.29 is 5.71 Å². The van der Waals surface area contributed by atoms with E-state index >= 15 is 0 Å². The van der Waals surface area contributed by atoms with Gasteiger partial charge in [-0.3, -0.25) is 0 Å². The first-order chi connectivity index (χ1) is 66.9.